The molecule has 0 saturated carbocycles. The summed E-state index contributed by atoms with van der Waals surface area (Å²) in [6.07, 6.45) is 0. The number of ether oxygens (including phenoxy) is 1. The van der Waals surface area contributed by atoms with Gasteiger partial charge in [-0.1, -0.05) is 60.6 Å². The van der Waals surface area contributed by atoms with Crippen molar-refractivity contribution in [2.45, 2.75) is 6.92 Å². The Morgan fingerprint density at radius 2 is 1.79 bits per heavy atom. The van der Waals surface area contributed by atoms with Crippen LogP contribution in [0.3, 0.4) is 0 Å². The first kappa shape index (κ1) is 13.4. The number of benzene rings is 2. The summed E-state index contributed by atoms with van der Waals surface area (Å²) >= 11 is 6.12. The van der Waals surface area contributed by atoms with Gasteiger partial charge in [-0.2, -0.15) is 0 Å². The van der Waals surface area contributed by atoms with Gasteiger partial charge in [-0.15, -0.1) is 0 Å². The smallest absolute Gasteiger partial charge is 0.338 e. The van der Waals surface area contributed by atoms with Crippen LogP contribution < -0.4 is 4.74 Å². The van der Waals surface area contributed by atoms with Gasteiger partial charge in [0.25, 0.3) is 0 Å². The van der Waals surface area contributed by atoms with Crippen LogP contribution in [0.2, 0.25) is 5.02 Å². The second-order valence-corrected chi connectivity index (χ2v) is 4.56. The lowest BCUT2D eigenvalue weighted by Crippen LogP contribution is -2.09. The van der Waals surface area contributed by atoms with Crippen molar-refractivity contribution in [3.05, 3.63) is 65.7 Å². The molecule has 0 fully saturated rings. The summed E-state index contributed by atoms with van der Waals surface area (Å²) in [5, 5.41) is 0.399. The van der Waals surface area contributed by atoms with Gasteiger partial charge in [0.2, 0.25) is 0 Å². The molecule has 0 aliphatic carbocycles. The Kier molecular flexibility index (Phi) is 4.03. The average molecular weight is 273 g/mol. The summed E-state index contributed by atoms with van der Waals surface area (Å²) in [7, 11) is 0. The lowest BCUT2D eigenvalue weighted by Gasteiger charge is -2.11. The zero-order valence-corrected chi connectivity index (χ0v) is 11.3. The first-order chi connectivity index (χ1) is 9.09. The van der Waals surface area contributed by atoms with Crippen LogP contribution in [0.5, 0.6) is 5.75 Å². The van der Waals surface area contributed by atoms with E-state index in [1.807, 2.05) is 42.5 Å². The van der Waals surface area contributed by atoms with E-state index in [-0.39, 0.29) is 0 Å². The number of rotatable bonds is 3. The largest absolute Gasteiger partial charge is 0.421 e. The van der Waals surface area contributed by atoms with E-state index in [1.165, 1.54) is 0 Å². The van der Waals surface area contributed by atoms with Crippen molar-refractivity contribution in [1.29, 1.82) is 0 Å². The van der Waals surface area contributed by atoms with Crippen molar-refractivity contribution >= 4 is 17.6 Å². The van der Waals surface area contributed by atoms with Crippen LogP contribution >= 0.6 is 11.6 Å². The number of hydrogen-bond acceptors (Lipinski definition) is 2. The molecule has 3 heteroatoms. The molecule has 0 aliphatic rings. The Morgan fingerprint density at radius 3 is 2.42 bits per heavy atom. The quantitative estimate of drug-likeness (QED) is 0.467. The standard InChI is InChI=1S/C16H13ClO2/c1-11(2)16(18)19-15-13(9-6-10-14(15)17)12-7-4-3-5-8-12/h3-10H,1H2,2H3. The zero-order valence-electron chi connectivity index (χ0n) is 10.5. The molecule has 0 radical (unpaired) electrons. The summed E-state index contributed by atoms with van der Waals surface area (Å²) < 4.78 is 5.32. The van der Waals surface area contributed by atoms with Crippen LogP contribution in [-0.4, -0.2) is 5.97 Å². The molecule has 0 spiro atoms. The monoisotopic (exact) mass is 272 g/mol. The number of para-hydroxylation sites is 1. The Hall–Kier alpha value is -2.06. The predicted molar refractivity (Wildman–Crippen MR) is 77.3 cm³/mol. The summed E-state index contributed by atoms with van der Waals surface area (Å²) in [4.78, 5) is 11.7. The van der Waals surface area contributed by atoms with Gasteiger partial charge in [0.1, 0.15) is 0 Å². The van der Waals surface area contributed by atoms with Gasteiger partial charge in [0.15, 0.2) is 5.75 Å². The molecule has 0 aromatic heterocycles. The minimum absolute atomic E-state index is 0.332. The van der Waals surface area contributed by atoms with E-state index in [1.54, 1.807) is 13.0 Å². The highest BCUT2D eigenvalue weighted by atomic mass is 35.5. The third-order valence-corrected chi connectivity index (χ3v) is 2.89. The van der Waals surface area contributed by atoms with Crippen LogP contribution in [0.25, 0.3) is 11.1 Å². The van der Waals surface area contributed by atoms with Gasteiger partial charge in [-0.05, 0) is 18.6 Å². The van der Waals surface area contributed by atoms with E-state index in [9.17, 15) is 4.79 Å². The van der Waals surface area contributed by atoms with Gasteiger partial charge < -0.3 is 4.74 Å². The van der Waals surface area contributed by atoms with Crippen LogP contribution in [0, 0.1) is 0 Å². The maximum atomic E-state index is 11.7. The molecule has 0 unspecified atom stereocenters. The summed E-state index contributed by atoms with van der Waals surface area (Å²) in [6.45, 7) is 5.16. The number of carbonyl (C=O) groups excluding carboxylic acids is 1. The van der Waals surface area contributed by atoms with Gasteiger partial charge in [-0.3, -0.25) is 0 Å². The molecular formula is C16H13ClO2. The van der Waals surface area contributed by atoms with Crippen molar-refractivity contribution in [1.82, 2.24) is 0 Å². The Balaban J connectivity index is 2.48. The molecule has 0 bridgehead atoms. The third kappa shape index (κ3) is 3.04. The lowest BCUT2D eigenvalue weighted by molar-refractivity contribution is -0.130. The topological polar surface area (TPSA) is 26.3 Å². The SMILES string of the molecule is C=C(C)C(=O)Oc1c(Cl)cccc1-c1ccccc1. The molecule has 2 rings (SSSR count). The van der Waals surface area contributed by atoms with E-state index in [0.717, 1.165) is 11.1 Å². The zero-order chi connectivity index (χ0) is 13.8. The molecule has 2 aromatic carbocycles. The first-order valence-corrected chi connectivity index (χ1v) is 6.19. The molecule has 0 amide bonds. The van der Waals surface area contributed by atoms with Crippen molar-refractivity contribution < 1.29 is 9.53 Å². The number of esters is 1. The highest BCUT2D eigenvalue weighted by Crippen LogP contribution is 2.36. The molecule has 19 heavy (non-hydrogen) atoms. The van der Waals surface area contributed by atoms with E-state index in [0.29, 0.717) is 16.3 Å². The van der Waals surface area contributed by atoms with Gasteiger partial charge >= 0.3 is 5.97 Å². The van der Waals surface area contributed by atoms with Crippen molar-refractivity contribution in [3.8, 4) is 16.9 Å². The molecule has 0 atom stereocenters. The number of carbonyl (C=O) groups is 1. The van der Waals surface area contributed by atoms with E-state index < -0.39 is 5.97 Å². The number of halogens is 1. The van der Waals surface area contributed by atoms with Crippen molar-refractivity contribution in [3.63, 3.8) is 0 Å². The minimum atomic E-state index is -0.481. The fourth-order valence-electron chi connectivity index (χ4n) is 1.64. The minimum Gasteiger partial charge on any atom is -0.421 e. The molecule has 2 nitrogen and oxygen atoms in total. The van der Waals surface area contributed by atoms with Gasteiger partial charge in [-0.25, -0.2) is 4.79 Å². The first-order valence-electron chi connectivity index (χ1n) is 5.81. The third-order valence-electron chi connectivity index (χ3n) is 2.60. The molecule has 2 aromatic rings. The van der Waals surface area contributed by atoms with E-state index in [4.69, 9.17) is 16.3 Å². The summed E-state index contributed by atoms with van der Waals surface area (Å²) in [6, 6.07) is 15.0. The van der Waals surface area contributed by atoms with Crippen LogP contribution in [-0.2, 0) is 4.79 Å². The molecule has 0 heterocycles. The van der Waals surface area contributed by atoms with Crippen molar-refractivity contribution in [2.24, 2.45) is 0 Å². The maximum Gasteiger partial charge on any atom is 0.338 e. The average Bonchev–Trinajstić information content (AvgIpc) is 2.41. The Morgan fingerprint density at radius 1 is 1.11 bits per heavy atom. The highest BCUT2D eigenvalue weighted by molar-refractivity contribution is 6.32. The fourth-order valence-corrected chi connectivity index (χ4v) is 1.85. The molecular weight excluding hydrogens is 260 g/mol. The number of hydrogen-bond donors (Lipinski definition) is 0. The summed E-state index contributed by atoms with van der Waals surface area (Å²) in [5.41, 5.74) is 2.05. The second kappa shape index (κ2) is 5.72. The Bertz CT molecular complexity index is 618. The van der Waals surface area contributed by atoms with Crippen molar-refractivity contribution in [2.75, 3.05) is 0 Å². The van der Waals surface area contributed by atoms with E-state index in [2.05, 4.69) is 6.58 Å². The molecule has 96 valence electrons. The fraction of sp³-hybridized carbons (Fsp3) is 0.0625. The van der Waals surface area contributed by atoms with Crippen LogP contribution in [0.15, 0.2) is 60.7 Å². The van der Waals surface area contributed by atoms with Gasteiger partial charge in [0.05, 0.1) is 5.02 Å². The molecule has 0 saturated heterocycles. The van der Waals surface area contributed by atoms with Crippen LogP contribution in [0.1, 0.15) is 6.92 Å². The second-order valence-electron chi connectivity index (χ2n) is 4.15. The van der Waals surface area contributed by atoms with E-state index >= 15 is 0 Å². The highest BCUT2D eigenvalue weighted by Gasteiger charge is 2.14. The summed E-state index contributed by atoms with van der Waals surface area (Å²) in [5.74, 6) is -0.117. The Labute approximate surface area is 117 Å². The predicted octanol–water partition coefficient (Wildman–Crippen LogP) is 4.49. The molecule has 0 N–H and O–H groups in total. The lowest BCUT2D eigenvalue weighted by atomic mass is 10.0. The molecule has 0 aliphatic heterocycles. The van der Waals surface area contributed by atoms with Gasteiger partial charge in [0, 0.05) is 11.1 Å². The maximum absolute atomic E-state index is 11.7. The van der Waals surface area contributed by atoms with Crippen LogP contribution in [0.4, 0.5) is 0 Å². The normalized spacial score (nSPS) is 10.0.